The molecule has 0 fully saturated rings. The van der Waals surface area contributed by atoms with Gasteiger partial charge in [-0.15, -0.1) is 0 Å². The molecule has 0 aromatic carbocycles. The van der Waals surface area contributed by atoms with E-state index in [2.05, 4.69) is 21.1 Å². The Morgan fingerprint density at radius 2 is 2.14 bits per heavy atom. The van der Waals surface area contributed by atoms with Gasteiger partial charge >= 0.3 is 0 Å². The highest BCUT2D eigenvalue weighted by atomic mass is 79.9. The van der Waals surface area contributed by atoms with Crippen molar-refractivity contribution in [2.45, 2.75) is 45.8 Å². The Bertz CT molecular complexity index is 664. The largest absolute Gasteiger partial charge is 0.369 e. The second kappa shape index (κ2) is 5.28. The van der Waals surface area contributed by atoms with Crippen LogP contribution in [0.4, 0.5) is 5.82 Å². The van der Waals surface area contributed by atoms with Crippen molar-refractivity contribution in [3.63, 3.8) is 0 Å². The molecule has 1 atom stereocenters. The predicted octanol–water partition coefficient (Wildman–Crippen LogP) is 2.57. The van der Waals surface area contributed by atoms with Crippen LogP contribution < -0.4 is 4.90 Å². The van der Waals surface area contributed by atoms with Gasteiger partial charge in [0.15, 0.2) is 17.8 Å². The molecule has 1 aromatic rings. The number of hydrogen-bond acceptors (Lipinski definition) is 5. The zero-order chi connectivity index (χ0) is 15.9. The first-order chi connectivity index (χ1) is 9.73. The molecule has 1 N–H and O–H groups in total. The van der Waals surface area contributed by atoms with Crippen molar-refractivity contribution in [2.24, 2.45) is 0 Å². The van der Waals surface area contributed by atoms with Gasteiger partial charge in [0.25, 0.3) is 5.91 Å². The molecular formula is C14H16BrN3O3. The minimum absolute atomic E-state index is 0.0559. The lowest BCUT2D eigenvalue weighted by Crippen LogP contribution is -2.36. The lowest BCUT2D eigenvalue weighted by molar-refractivity contribution is -0.115. The number of aliphatic hydroxyl groups is 1. The van der Waals surface area contributed by atoms with E-state index in [9.17, 15) is 15.2 Å². The third kappa shape index (κ3) is 2.39. The number of rotatable bonds is 2. The van der Waals surface area contributed by atoms with Crippen LogP contribution in [0.15, 0.2) is 14.6 Å². The number of nitriles is 1. The highest BCUT2D eigenvalue weighted by Gasteiger charge is 2.41. The molecule has 0 saturated heterocycles. The molecule has 0 aliphatic carbocycles. The zero-order valence-corrected chi connectivity index (χ0v) is 13.9. The van der Waals surface area contributed by atoms with Crippen molar-refractivity contribution in [1.29, 1.82) is 5.26 Å². The van der Waals surface area contributed by atoms with Gasteiger partial charge in [0.1, 0.15) is 11.6 Å². The van der Waals surface area contributed by atoms with Gasteiger partial charge in [0.05, 0.1) is 4.48 Å². The maximum atomic E-state index is 12.3. The van der Waals surface area contributed by atoms with E-state index in [4.69, 9.17) is 4.52 Å². The van der Waals surface area contributed by atoms with Crippen LogP contribution in [-0.4, -0.2) is 22.4 Å². The molecule has 1 unspecified atom stereocenters. The molecule has 0 radical (unpaired) electrons. The van der Waals surface area contributed by atoms with Gasteiger partial charge in [0, 0.05) is 5.41 Å². The van der Waals surface area contributed by atoms with Crippen molar-refractivity contribution in [1.82, 2.24) is 5.16 Å². The number of anilines is 1. The maximum Gasteiger partial charge on any atom is 0.269 e. The Hall–Kier alpha value is -1.65. The summed E-state index contributed by atoms with van der Waals surface area (Å²) >= 11 is 3.19. The first-order valence-electron chi connectivity index (χ1n) is 6.54. The Morgan fingerprint density at radius 1 is 1.52 bits per heavy atom. The summed E-state index contributed by atoms with van der Waals surface area (Å²) in [6, 6.07) is 2.02. The summed E-state index contributed by atoms with van der Waals surface area (Å²) in [4.78, 5) is 13.4. The molecule has 0 bridgehead atoms. The number of amides is 1. The first-order valence-corrected chi connectivity index (χ1v) is 7.33. The fraction of sp³-hybridized carbons (Fsp3) is 0.500. The maximum absolute atomic E-state index is 12.3. The van der Waals surface area contributed by atoms with Crippen LogP contribution in [0.5, 0.6) is 0 Å². The summed E-state index contributed by atoms with van der Waals surface area (Å²) in [5.74, 6) is 0.0194. The van der Waals surface area contributed by atoms with E-state index in [-0.39, 0.29) is 11.4 Å². The van der Waals surface area contributed by atoms with E-state index < -0.39 is 17.6 Å². The minimum atomic E-state index is -1.14. The molecule has 1 aromatic heterocycles. The summed E-state index contributed by atoms with van der Waals surface area (Å²) < 4.78 is 5.56. The summed E-state index contributed by atoms with van der Waals surface area (Å²) in [6.07, 6.45) is -0.627. The van der Waals surface area contributed by atoms with E-state index in [1.807, 2.05) is 33.8 Å². The number of nitrogens with zero attached hydrogens (tertiary/aromatic N) is 3. The molecule has 0 saturated carbocycles. The van der Waals surface area contributed by atoms with Crippen LogP contribution >= 0.6 is 15.9 Å². The smallest absolute Gasteiger partial charge is 0.269 e. The van der Waals surface area contributed by atoms with E-state index in [0.717, 1.165) is 4.90 Å². The third-order valence-electron chi connectivity index (χ3n) is 3.32. The summed E-state index contributed by atoms with van der Waals surface area (Å²) in [6.45, 7) is 7.48. The van der Waals surface area contributed by atoms with Gasteiger partial charge in [0.2, 0.25) is 0 Å². The van der Waals surface area contributed by atoms with Gasteiger partial charge in [-0.25, -0.2) is 0 Å². The molecular weight excluding hydrogens is 338 g/mol. The number of carbonyl (C=O) groups is 1. The van der Waals surface area contributed by atoms with Crippen molar-refractivity contribution < 1.29 is 14.4 Å². The van der Waals surface area contributed by atoms with Gasteiger partial charge in [-0.3, -0.25) is 9.69 Å². The quantitative estimate of drug-likeness (QED) is 0.882. The average molecular weight is 354 g/mol. The Balaban J connectivity index is 2.54. The highest BCUT2D eigenvalue weighted by Crippen LogP contribution is 2.38. The average Bonchev–Trinajstić information content (AvgIpc) is 2.90. The third-order valence-corrected chi connectivity index (χ3v) is 4.17. The van der Waals surface area contributed by atoms with E-state index in [1.54, 1.807) is 0 Å². The van der Waals surface area contributed by atoms with Crippen LogP contribution in [0.2, 0.25) is 0 Å². The summed E-state index contributed by atoms with van der Waals surface area (Å²) in [5, 5.41) is 23.5. The Kier molecular flexibility index (Phi) is 3.95. The van der Waals surface area contributed by atoms with Crippen LogP contribution in [0, 0.1) is 11.3 Å². The van der Waals surface area contributed by atoms with E-state index >= 15 is 0 Å². The van der Waals surface area contributed by atoms with Gasteiger partial charge in [-0.1, -0.05) is 32.9 Å². The lowest BCUT2D eigenvalue weighted by Gasteiger charge is -2.20. The molecule has 1 amide bonds. The zero-order valence-electron chi connectivity index (χ0n) is 12.3. The van der Waals surface area contributed by atoms with Gasteiger partial charge < -0.3 is 9.63 Å². The van der Waals surface area contributed by atoms with Crippen molar-refractivity contribution >= 4 is 27.7 Å². The Labute approximate surface area is 131 Å². The van der Waals surface area contributed by atoms with Crippen LogP contribution in [0.1, 0.15) is 45.4 Å². The molecule has 1 aliphatic heterocycles. The van der Waals surface area contributed by atoms with Crippen LogP contribution in [-0.2, 0) is 10.2 Å². The van der Waals surface area contributed by atoms with Crippen molar-refractivity contribution in [3.05, 3.63) is 21.4 Å². The fourth-order valence-electron chi connectivity index (χ4n) is 2.23. The SMILES string of the molecule is CCC1=C(Br)C(=O)N(c2noc(C(C)(C)C)c2C#N)C1O. The fourth-order valence-corrected chi connectivity index (χ4v) is 2.91. The van der Waals surface area contributed by atoms with Crippen LogP contribution in [0.3, 0.4) is 0 Å². The number of hydrogen-bond donors (Lipinski definition) is 1. The second-order valence-corrected chi connectivity index (χ2v) is 6.61. The topological polar surface area (TPSA) is 90.4 Å². The molecule has 0 spiro atoms. The molecule has 21 heavy (non-hydrogen) atoms. The van der Waals surface area contributed by atoms with Gasteiger partial charge in [-0.05, 0) is 27.9 Å². The number of aliphatic hydroxyl groups excluding tert-OH is 1. The normalized spacial score (nSPS) is 19.4. The molecule has 112 valence electrons. The molecule has 2 rings (SSSR count). The number of carbonyl (C=O) groups excluding carboxylic acids is 1. The molecule has 2 heterocycles. The number of aromatic nitrogens is 1. The van der Waals surface area contributed by atoms with E-state index in [0.29, 0.717) is 22.2 Å². The molecule has 1 aliphatic rings. The second-order valence-electron chi connectivity index (χ2n) is 5.81. The first kappa shape index (κ1) is 15.7. The Morgan fingerprint density at radius 3 is 2.57 bits per heavy atom. The van der Waals surface area contributed by atoms with Crippen molar-refractivity contribution in [2.75, 3.05) is 4.90 Å². The van der Waals surface area contributed by atoms with Crippen LogP contribution in [0.25, 0.3) is 0 Å². The van der Waals surface area contributed by atoms with Crippen molar-refractivity contribution in [3.8, 4) is 6.07 Å². The van der Waals surface area contributed by atoms with E-state index in [1.165, 1.54) is 0 Å². The summed E-state index contributed by atoms with van der Waals surface area (Å²) in [5.41, 5.74) is 0.305. The summed E-state index contributed by atoms with van der Waals surface area (Å²) in [7, 11) is 0. The standard InChI is InChI=1S/C14H16BrN3O3/c1-5-7-9(15)13(20)18(12(7)19)11-8(6-16)10(21-17-11)14(2,3)4/h12,19H,5H2,1-4H3. The highest BCUT2D eigenvalue weighted by molar-refractivity contribution is 9.12. The lowest BCUT2D eigenvalue weighted by atomic mass is 9.90. The molecule has 7 heteroatoms. The minimum Gasteiger partial charge on any atom is -0.369 e. The monoisotopic (exact) mass is 353 g/mol. The number of halogens is 1. The predicted molar refractivity (Wildman–Crippen MR) is 79.7 cm³/mol. The van der Waals surface area contributed by atoms with Gasteiger partial charge in [-0.2, -0.15) is 5.26 Å². The molecule has 6 nitrogen and oxygen atoms in total.